The van der Waals surface area contributed by atoms with Crippen LogP contribution in [0.3, 0.4) is 0 Å². The molecular formula is C24H32N6. The summed E-state index contributed by atoms with van der Waals surface area (Å²) in [5, 5.41) is 20.2. The lowest BCUT2D eigenvalue weighted by molar-refractivity contribution is 0.877. The zero-order chi connectivity index (χ0) is 22.4. The third-order valence-corrected chi connectivity index (χ3v) is 3.88. The minimum absolute atomic E-state index is 0.387. The van der Waals surface area contributed by atoms with Crippen molar-refractivity contribution < 1.29 is 0 Å². The van der Waals surface area contributed by atoms with E-state index in [0.29, 0.717) is 18.1 Å². The number of anilines is 1. The smallest absolute Gasteiger partial charge is 0.150 e. The van der Waals surface area contributed by atoms with E-state index in [1.54, 1.807) is 6.08 Å². The van der Waals surface area contributed by atoms with Crippen LogP contribution >= 0.6 is 0 Å². The average Bonchev–Trinajstić information content (AvgIpc) is 2.71. The van der Waals surface area contributed by atoms with Crippen LogP contribution in [0.25, 0.3) is 0 Å². The Balaban J connectivity index is 2.97. The lowest BCUT2D eigenvalue weighted by atomic mass is 10.1. The van der Waals surface area contributed by atoms with Crippen LogP contribution in [-0.4, -0.2) is 25.6 Å². The van der Waals surface area contributed by atoms with Gasteiger partial charge in [0.05, 0.1) is 12.2 Å². The molecule has 0 aliphatic heterocycles. The van der Waals surface area contributed by atoms with E-state index in [2.05, 4.69) is 51.3 Å². The number of aliphatic imine (C=N–C) groups is 1. The highest BCUT2D eigenvalue weighted by Crippen LogP contribution is 2.15. The first-order chi connectivity index (χ1) is 14.4. The molecule has 30 heavy (non-hydrogen) atoms. The number of aryl methyl sites for hydroxylation is 1. The highest BCUT2D eigenvalue weighted by Gasteiger charge is 2.07. The van der Waals surface area contributed by atoms with Crippen molar-refractivity contribution >= 4 is 17.7 Å². The van der Waals surface area contributed by atoms with E-state index in [4.69, 9.17) is 5.41 Å². The van der Waals surface area contributed by atoms with Crippen LogP contribution < -0.4 is 21.3 Å². The van der Waals surface area contributed by atoms with Crippen LogP contribution in [0.1, 0.15) is 31.4 Å². The number of nitrogens with zero attached hydrogens (tertiary/aromatic N) is 1. The van der Waals surface area contributed by atoms with Crippen LogP contribution in [0.5, 0.6) is 0 Å². The fourth-order valence-electron chi connectivity index (χ4n) is 2.49. The second-order valence-electron chi connectivity index (χ2n) is 6.43. The van der Waals surface area contributed by atoms with Gasteiger partial charge in [-0.2, -0.15) is 0 Å². The summed E-state index contributed by atoms with van der Waals surface area (Å²) in [6, 6.07) is 6.04. The van der Waals surface area contributed by atoms with Gasteiger partial charge in [0.1, 0.15) is 5.84 Å². The number of rotatable bonds is 10. The number of amidine groups is 1. The molecule has 0 heterocycles. The Kier molecular flexibility index (Phi) is 10.9. The van der Waals surface area contributed by atoms with Gasteiger partial charge in [-0.25, -0.2) is 4.99 Å². The molecular weight excluding hydrogens is 372 g/mol. The molecule has 1 rings (SSSR count). The van der Waals surface area contributed by atoms with Gasteiger partial charge in [0.2, 0.25) is 0 Å². The molecule has 0 saturated carbocycles. The van der Waals surface area contributed by atoms with Gasteiger partial charge in [0.25, 0.3) is 0 Å². The first kappa shape index (κ1) is 24.3. The molecule has 0 aliphatic carbocycles. The summed E-state index contributed by atoms with van der Waals surface area (Å²) in [4.78, 5) is 4.30. The minimum Gasteiger partial charge on any atom is -0.393 e. The predicted molar refractivity (Wildman–Crippen MR) is 130 cm³/mol. The SMILES string of the molecule is C=C/N=C(NCC#Cc1cc(NC(=C)C)ccc1C)/C(=C\C=N)N/C(=C/NC)CC. The van der Waals surface area contributed by atoms with Gasteiger partial charge in [-0.1, -0.05) is 38.0 Å². The maximum Gasteiger partial charge on any atom is 0.150 e. The maximum atomic E-state index is 7.45. The monoisotopic (exact) mass is 404 g/mol. The van der Waals surface area contributed by atoms with Crippen molar-refractivity contribution in [3.05, 3.63) is 78.1 Å². The van der Waals surface area contributed by atoms with Gasteiger partial charge >= 0.3 is 0 Å². The zero-order valence-corrected chi connectivity index (χ0v) is 18.3. The Morgan fingerprint density at radius 3 is 2.70 bits per heavy atom. The van der Waals surface area contributed by atoms with Crippen molar-refractivity contribution in [2.75, 3.05) is 18.9 Å². The molecule has 0 unspecified atom stereocenters. The summed E-state index contributed by atoms with van der Waals surface area (Å²) >= 11 is 0. The van der Waals surface area contributed by atoms with Crippen LogP contribution in [-0.2, 0) is 0 Å². The van der Waals surface area contributed by atoms with E-state index in [1.807, 2.05) is 52.2 Å². The van der Waals surface area contributed by atoms with Crippen molar-refractivity contribution in [2.24, 2.45) is 4.99 Å². The second-order valence-corrected chi connectivity index (χ2v) is 6.43. The lowest BCUT2D eigenvalue weighted by Crippen LogP contribution is -2.32. The Morgan fingerprint density at radius 1 is 1.33 bits per heavy atom. The first-order valence-electron chi connectivity index (χ1n) is 9.74. The minimum atomic E-state index is 0.387. The topological polar surface area (TPSA) is 84.3 Å². The van der Waals surface area contributed by atoms with Crippen LogP contribution in [0, 0.1) is 24.2 Å². The highest BCUT2D eigenvalue weighted by atomic mass is 15.1. The van der Waals surface area contributed by atoms with E-state index in [9.17, 15) is 0 Å². The molecule has 0 bridgehead atoms. The molecule has 0 atom stereocenters. The first-order valence-corrected chi connectivity index (χ1v) is 9.74. The fraction of sp³-hybridized carbons (Fsp3) is 0.250. The van der Waals surface area contributed by atoms with E-state index >= 15 is 0 Å². The molecule has 0 aromatic heterocycles. The molecule has 0 radical (unpaired) electrons. The van der Waals surface area contributed by atoms with Gasteiger partial charge in [-0.3, -0.25) is 0 Å². The van der Waals surface area contributed by atoms with Crippen molar-refractivity contribution in [2.45, 2.75) is 27.2 Å². The van der Waals surface area contributed by atoms with Gasteiger partial charge in [0, 0.05) is 48.3 Å². The number of allylic oxidation sites excluding steroid dienone is 3. The lowest BCUT2D eigenvalue weighted by Gasteiger charge is -2.15. The molecule has 6 nitrogen and oxygen atoms in total. The predicted octanol–water partition coefficient (Wildman–Crippen LogP) is 4.02. The molecule has 6 heteroatoms. The van der Waals surface area contributed by atoms with E-state index in [1.165, 1.54) is 12.4 Å². The van der Waals surface area contributed by atoms with Gasteiger partial charge in [0.15, 0.2) is 0 Å². The van der Waals surface area contributed by atoms with Crippen molar-refractivity contribution in [1.29, 1.82) is 5.41 Å². The number of nitrogens with one attached hydrogen (secondary N) is 5. The number of hydrogen-bond acceptors (Lipinski definition) is 5. The number of hydrogen-bond donors (Lipinski definition) is 5. The Hall–Kier alpha value is -3.72. The van der Waals surface area contributed by atoms with Crippen LogP contribution in [0.15, 0.2) is 71.9 Å². The molecule has 0 aliphatic rings. The van der Waals surface area contributed by atoms with Crippen LogP contribution in [0.2, 0.25) is 0 Å². The average molecular weight is 405 g/mol. The molecule has 0 spiro atoms. The summed E-state index contributed by atoms with van der Waals surface area (Å²) in [5.74, 6) is 6.90. The van der Waals surface area contributed by atoms with Crippen molar-refractivity contribution in [1.82, 2.24) is 16.0 Å². The van der Waals surface area contributed by atoms with Gasteiger partial charge < -0.3 is 26.7 Å². The largest absolute Gasteiger partial charge is 0.393 e. The maximum absolute atomic E-state index is 7.45. The molecule has 158 valence electrons. The summed E-state index contributed by atoms with van der Waals surface area (Å²) in [7, 11) is 1.84. The van der Waals surface area contributed by atoms with Crippen molar-refractivity contribution in [3.8, 4) is 11.8 Å². The van der Waals surface area contributed by atoms with E-state index in [0.717, 1.165) is 34.6 Å². The summed E-state index contributed by atoms with van der Waals surface area (Å²) in [5.41, 5.74) is 5.52. The summed E-state index contributed by atoms with van der Waals surface area (Å²) in [6.45, 7) is 13.9. The quantitative estimate of drug-likeness (QED) is 0.232. The molecule has 0 saturated heterocycles. The van der Waals surface area contributed by atoms with Gasteiger partial charge in [-0.05, 0) is 44.0 Å². The zero-order valence-electron chi connectivity index (χ0n) is 18.3. The van der Waals surface area contributed by atoms with Crippen molar-refractivity contribution in [3.63, 3.8) is 0 Å². The Labute approximate surface area is 180 Å². The van der Waals surface area contributed by atoms with Gasteiger partial charge in [-0.15, -0.1) is 0 Å². The van der Waals surface area contributed by atoms with E-state index < -0.39 is 0 Å². The molecule has 0 amide bonds. The standard InChI is InChI=1S/C24H32N6/c1-7-21(17-26-6)30-23(13-14-25)24(27-8-2)28-15-9-10-20-16-22(29-18(3)4)12-11-19(20)5/h8,11-14,16-17,25-26,29-30H,2-3,7,15H2,1,4-6H3,(H,27,28)/b21-17+,23-13+,25-14?. The summed E-state index contributed by atoms with van der Waals surface area (Å²) < 4.78 is 0. The van der Waals surface area contributed by atoms with Crippen LogP contribution in [0.4, 0.5) is 5.69 Å². The fourth-order valence-corrected chi connectivity index (χ4v) is 2.49. The highest BCUT2D eigenvalue weighted by molar-refractivity contribution is 6.01. The molecule has 5 N–H and O–H groups in total. The third-order valence-electron chi connectivity index (χ3n) is 3.88. The molecule has 1 aromatic carbocycles. The second kappa shape index (κ2) is 13.5. The normalized spacial score (nSPS) is 11.7. The Bertz CT molecular complexity index is 909. The summed E-state index contributed by atoms with van der Waals surface area (Å²) in [6.07, 6.45) is 6.98. The third kappa shape index (κ3) is 8.53. The number of benzene rings is 1. The molecule has 0 fully saturated rings. The Morgan fingerprint density at radius 2 is 2.10 bits per heavy atom. The van der Waals surface area contributed by atoms with E-state index in [-0.39, 0.29) is 0 Å². The molecule has 1 aromatic rings.